The smallest absolute Gasteiger partial charge is 0.229 e. The summed E-state index contributed by atoms with van der Waals surface area (Å²) in [5.74, 6) is 0.326. The van der Waals surface area contributed by atoms with Gasteiger partial charge >= 0.3 is 0 Å². The first kappa shape index (κ1) is 15.1. The molecular formula is C15H18BrN5O. The molecule has 0 atom stereocenters. The van der Waals surface area contributed by atoms with Gasteiger partial charge in [0.1, 0.15) is 0 Å². The first-order chi connectivity index (χ1) is 10.6. The van der Waals surface area contributed by atoms with Gasteiger partial charge in [0.15, 0.2) is 0 Å². The molecule has 0 bridgehead atoms. The lowest BCUT2D eigenvalue weighted by Crippen LogP contribution is -2.19. The van der Waals surface area contributed by atoms with Gasteiger partial charge in [-0.25, -0.2) is 9.97 Å². The van der Waals surface area contributed by atoms with E-state index in [1.807, 2.05) is 13.1 Å². The molecule has 2 aromatic rings. The number of amides is 1. The average molecular weight is 364 g/mol. The average Bonchev–Trinajstić information content (AvgIpc) is 2.91. The number of aryl methyl sites for hydroxylation is 3. The number of nitrogens with zero attached hydrogens (tertiary/aromatic N) is 4. The van der Waals surface area contributed by atoms with E-state index >= 15 is 0 Å². The molecular weight excluding hydrogens is 346 g/mol. The molecule has 1 aliphatic carbocycles. The summed E-state index contributed by atoms with van der Waals surface area (Å²) in [5.41, 5.74) is 3.33. The molecule has 6 nitrogen and oxygen atoms in total. The second-order valence-corrected chi connectivity index (χ2v) is 6.40. The number of fused-ring (bicyclic) bond motifs is 1. The number of rotatable bonds is 4. The molecule has 0 saturated carbocycles. The van der Waals surface area contributed by atoms with Gasteiger partial charge < -0.3 is 0 Å². The summed E-state index contributed by atoms with van der Waals surface area (Å²) < 4.78 is 2.63. The van der Waals surface area contributed by atoms with Crippen molar-refractivity contribution in [2.45, 2.75) is 45.6 Å². The normalized spacial score (nSPS) is 13.7. The number of carbonyl (C=O) groups is 1. The monoisotopic (exact) mass is 363 g/mol. The highest BCUT2D eigenvalue weighted by atomic mass is 79.9. The van der Waals surface area contributed by atoms with Crippen LogP contribution in [0, 0.1) is 6.92 Å². The van der Waals surface area contributed by atoms with Crippen molar-refractivity contribution in [1.82, 2.24) is 19.7 Å². The van der Waals surface area contributed by atoms with Crippen molar-refractivity contribution in [3.8, 4) is 0 Å². The summed E-state index contributed by atoms with van der Waals surface area (Å²) in [6, 6.07) is 0. The Morgan fingerprint density at radius 1 is 1.36 bits per heavy atom. The van der Waals surface area contributed by atoms with Crippen molar-refractivity contribution in [1.29, 1.82) is 0 Å². The molecule has 0 spiro atoms. The van der Waals surface area contributed by atoms with Gasteiger partial charge in [-0.15, -0.1) is 0 Å². The number of hydrogen-bond donors (Lipinski definition) is 1. The standard InChI is InChI=1S/C15H18BrN5O/c1-10-12-4-2-3-5-13(12)19-15(18-10)20-14(22)6-7-21-9-11(16)8-17-21/h8-9H,2-7H2,1H3,(H,18,19,20,22). The molecule has 1 aliphatic rings. The lowest BCUT2D eigenvalue weighted by Gasteiger charge is -2.17. The van der Waals surface area contributed by atoms with Gasteiger partial charge in [0.25, 0.3) is 0 Å². The Balaban J connectivity index is 1.62. The summed E-state index contributed by atoms with van der Waals surface area (Å²) in [4.78, 5) is 20.9. The van der Waals surface area contributed by atoms with Crippen LogP contribution in [0.2, 0.25) is 0 Å². The molecule has 0 radical (unpaired) electrons. The van der Waals surface area contributed by atoms with Crippen molar-refractivity contribution in [2.75, 3.05) is 5.32 Å². The van der Waals surface area contributed by atoms with Crippen molar-refractivity contribution in [3.63, 3.8) is 0 Å². The lowest BCUT2D eigenvalue weighted by molar-refractivity contribution is -0.116. The number of anilines is 1. The van der Waals surface area contributed by atoms with Gasteiger partial charge in [-0.1, -0.05) is 0 Å². The van der Waals surface area contributed by atoms with Gasteiger partial charge in [-0.2, -0.15) is 5.10 Å². The quantitative estimate of drug-likeness (QED) is 0.905. The van der Waals surface area contributed by atoms with Crippen molar-refractivity contribution < 1.29 is 4.79 Å². The fourth-order valence-electron chi connectivity index (χ4n) is 2.70. The van der Waals surface area contributed by atoms with Crippen molar-refractivity contribution in [2.24, 2.45) is 0 Å². The largest absolute Gasteiger partial charge is 0.294 e. The molecule has 0 aliphatic heterocycles. The number of nitrogens with one attached hydrogen (secondary N) is 1. The van der Waals surface area contributed by atoms with Crippen LogP contribution < -0.4 is 5.32 Å². The second-order valence-electron chi connectivity index (χ2n) is 5.48. The Kier molecular flexibility index (Phi) is 4.52. The van der Waals surface area contributed by atoms with E-state index < -0.39 is 0 Å². The van der Waals surface area contributed by atoms with Gasteiger partial charge in [0.05, 0.1) is 10.7 Å². The van der Waals surface area contributed by atoms with Crippen LogP contribution in [-0.2, 0) is 24.2 Å². The number of aromatic nitrogens is 4. The van der Waals surface area contributed by atoms with Crippen LogP contribution in [0.15, 0.2) is 16.9 Å². The van der Waals surface area contributed by atoms with E-state index in [9.17, 15) is 4.79 Å². The van der Waals surface area contributed by atoms with Gasteiger partial charge in [0, 0.05) is 30.6 Å². The Morgan fingerprint density at radius 2 is 2.18 bits per heavy atom. The third-order valence-corrected chi connectivity index (χ3v) is 4.22. The molecule has 3 rings (SSSR count). The van der Waals surface area contributed by atoms with E-state index in [4.69, 9.17) is 0 Å². The number of carbonyl (C=O) groups excluding carboxylic acids is 1. The highest BCUT2D eigenvalue weighted by molar-refractivity contribution is 9.10. The highest BCUT2D eigenvalue weighted by Gasteiger charge is 2.16. The third kappa shape index (κ3) is 3.52. The summed E-state index contributed by atoms with van der Waals surface area (Å²) in [6.45, 7) is 2.52. The maximum atomic E-state index is 12.0. The van der Waals surface area contributed by atoms with Crippen LogP contribution in [0.25, 0.3) is 0 Å². The Labute approximate surface area is 137 Å². The fraction of sp³-hybridized carbons (Fsp3) is 0.467. The Hall–Kier alpha value is -1.76. The minimum atomic E-state index is -0.0956. The maximum absolute atomic E-state index is 12.0. The van der Waals surface area contributed by atoms with E-state index in [1.165, 1.54) is 12.0 Å². The van der Waals surface area contributed by atoms with E-state index in [0.717, 1.165) is 35.1 Å². The maximum Gasteiger partial charge on any atom is 0.229 e. The zero-order chi connectivity index (χ0) is 15.5. The lowest BCUT2D eigenvalue weighted by atomic mass is 9.95. The van der Waals surface area contributed by atoms with Crippen LogP contribution in [0.4, 0.5) is 5.95 Å². The fourth-order valence-corrected chi connectivity index (χ4v) is 3.03. The molecule has 0 fully saturated rings. The molecule has 0 aromatic carbocycles. The molecule has 116 valence electrons. The van der Waals surface area contributed by atoms with Gasteiger partial charge in [0.2, 0.25) is 11.9 Å². The first-order valence-corrected chi connectivity index (χ1v) is 8.25. The van der Waals surface area contributed by atoms with Crippen LogP contribution in [0.5, 0.6) is 0 Å². The summed E-state index contributed by atoms with van der Waals surface area (Å²) in [5, 5.41) is 6.92. The van der Waals surface area contributed by atoms with Gasteiger partial charge in [-0.3, -0.25) is 14.8 Å². The van der Waals surface area contributed by atoms with Crippen molar-refractivity contribution >= 4 is 27.8 Å². The molecule has 2 heterocycles. The molecule has 22 heavy (non-hydrogen) atoms. The Bertz CT molecular complexity index is 697. The predicted octanol–water partition coefficient (Wildman–Crippen LogP) is 2.65. The molecule has 1 amide bonds. The van der Waals surface area contributed by atoms with Crippen molar-refractivity contribution in [3.05, 3.63) is 33.8 Å². The zero-order valence-electron chi connectivity index (χ0n) is 12.5. The topological polar surface area (TPSA) is 72.7 Å². The summed E-state index contributed by atoms with van der Waals surface area (Å²) in [6.07, 6.45) is 8.26. The number of hydrogen-bond acceptors (Lipinski definition) is 4. The van der Waals surface area contributed by atoms with Gasteiger partial charge in [-0.05, 0) is 54.1 Å². The van der Waals surface area contributed by atoms with Crippen LogP contribution in [0.1, 0.15) is 36.2 Å². The summed E-state index contributed by atoms with van der Waals surface area (Å²) in [7, 11) is 0. The van der Waals surface area contributed by atoms with E-state index in [1.54, 1.807) is 10.9 Å². The SMILES string of the molecule is Cc1nc(NC(=O)CCn2cc(Br)cn2)nc2c1CCCC2. The molecule has 2 aromatic heterocycles. The molecule has 0 unspecified atom stereocenters. The van der Waals surface area contributed by atoms with E-state index in [2.05, 4.69) is 36.3 Å². The third-order valence-electron chi connectivity index (χ3n) is 3.81. The van der Waals surface area contributed by atoms with Crippen LogP contribution in [-0.4, -0.2) is 25.7 Å². The zero-order valence-corrected chi connectivity index (χ0v) is 14.1. The second kappa shape index (κ2) is 6.56. The van der Waals surface area contributed by atoms with E-state index in [0.29, 0.717) is 18.9 Å². The molecule has 0 saturated heterocycles. The van der Waals surface area contributed by atoms with Crippen LogP contribution >= 0.6 is 15.9 Å². The first-order valence-electron chi connectivity index (χ1n) is 7.46. The van der Waals surface area contributed by atoms with E-state index in [-0.39, 0.29) is 5.91 Å². The summed E-state index contributed by atoms with van der Waals surface area (Å²) >= 11 is 3.33. The Morgan fingerprint density at radius 3 is 2.95 bits per heavy atom. The molecule has 1 N–H and O–H groups in total. The predicted molar refractivity (Wildman–Crippen MR) is 86.6 cm³/mol. The minimum Gasteiger partial charge on any atom is -0.294 e. The highest BCUT2D eigenvalue weighted by Crippen LogP contribution is 2.22. The minimum absolute atomic E-state index is 0.0956. The molecule has 7 heteroatoms. The number of halogens is 1. The van der Waals surface area contributed by atoms with Crippen LogP contribution in [0.3, 0.4) is 0 Å².